The predicted molar refractivity (Wildman–Crippen MR) is 130 cm³/mol. The van der Waals surface area contributed by atoms with E-state index in [2.05, 4.69) is 5.32 Å². The molecule has 0 spiro atoms. The Kier molecular flexibility index (Phi) is 8.24. The number of ether oxygens (including phenoxy) is 4. The fourth-order valence-electron chi connectivity index (χ4n) is 3.73. The van der Waals surface area contributed by atoms with Crippen molar-refractivity contribution in [2.45, 2.75) is 18.6 Å². The molecule has 0 bridgehead atoms. The van der Waals surface area contributed by atoms with Crippen molar-refractivity contribution in [1.29, 1.82) is 0 Å². The minimum Gasteiger partial charge on any atom is -0.445 e. The molecule has 7 N–H and O–H groups in total. The lowest BCUT2D eigenvalue weighted by molar-refractivity contribution is -0.125. The summed E-state index contributed by atoms with van der Waals surface area (Å²) in [4.78, 5) is 17.0. The number of carbonyl (C=O) groups excluding carboxylic acids is 1. The van der Waals surface area contributed by atoms with Crippen LogP contribution in [0.15, 0.2) is 30.3 Å². The molecule has 11 nitrogen and oxygen atoms in total. The van der Waals surface area contributed by atoms with Crippen LogP contribution in [-0.2, 0) is 25.5 Å². The SMILES string of the molecule is NC(N)(N)Oc1cc(N2CCOCC2=O)ccc1N1COCOC(CNCc2ccc(Cl)s2)C1. The number of hydrogen-bond donors (Lipinski definition) is 4. The fourth-order valence-corrected chi connectivity index (χ4v) is 4.79. The van der Waals surface area contributed by atoms with Gasteiger partial charge in [0.1, 0.15) is 25.9 Å². The molecule has 34 heavy (non-hydrogen) atoms. The summed E-state index contributed by atoms with van der Waals surface area (Å²) in [6, 6.07) is 9.22. The number of morpholine rings is 1. The first-order chi connectivity index (χ1) is 16.3. The van der Waals surface area contributed by atoms with E-state index in [0.29, 0.717) is 49.9 Å². The largest absolute Gasteiger partial charge is 0.445 e. The summed E-state index contributed by atoms with van der Waals surface area (Å²) in [5, 5.41) is 3.39. The molecule has 0 radical (unpaired) electrons. The summed E-state index contributed by atoms with van der Waals surface area (Å²) < 4.78 is 23.1. The number of hydrogen-bond acceptors (Lipinski definition) is 11. The lowest BCUT2D eigenvalue weighted by Gasteiger charge is -2.31. The summed E-state index contributed by atoms with van der Waals surface area (Å²) in [5.41, 5.74) is 18.5. The molecule has 0 saturated carbocycles. The molecule has 2 saturated heterocycles. The molecule has 4 rings (SSSR count). The van der Waals surface area contributed by atoms with E-state index in [1.807, 2.05) is 29.2 Å². The number of nitrogens with one attached hydrogen (secondary N) is 1. The number of benzene rings is 1. The summed E-state index contributed by atoms with van der Waals surface area (Å²) in [6.07, 6.45) is -0.162. The normalized spacial score (nSPS) is 19.9. The van der Waals surface area contributed by atoms with Crippen molar-refractivity contribution in [2.75, 3.05) is 56.2 Å². The molecule has 2 fully saturated rings. The van der Waals surface area contributed by atoms with Crippen LogP contribution in [0.3, 0.4) is 0 Å². The van der Waals surface area contributed by atoms with Gasteiger partial charge in [-0.05, 0) is 24.3 Å². The minimum absolute atomic E-state index is 0.0240. The van der Waals surface area contributed by atoms with Gasteiger partial charge >= 0.3 is 0 Å². The number of rotatable bonds is 8. The Morgan fingerprint density at radius 2 is 2.09 bits per heavy atom. The van der Waals surface area contributed by atoms with Crippen molar-refractivity contribution < 1.29 is 23.7 Å². The first-order valence-corrected chi connectivity index (χ1v) is 11.9. The molecule has 2 aliphatic rings. The first-order valence-electron chi connectivity index (χ1n) is 10.8. The number of carbonyl (C=O) groups is 1. The Morgan fingerprint density at radius 1 is 1.24 bits per heavy atom. The third kappa shape index (κ3) is 6.78. The zero-order valence-corrected chi connectivity index (χ0v) is 20.1. The van der Waals surface area contributed by atoms with Gasteiger partial charge in [0.25, 0.3) is 11.9 Å². The zero-order valence-electron chi connectivity index (χ0n) is 18.6. The molecule has 1 aromatic carbocycles. The van der Waals surface area contributed by atoms with Crippen LogP contribution in [-0.4, -0.2) is 64.4 Å². The molecular formula is C21H29ClN6O5S. The molecule has 0 aliphatic carbocycles. The van der Waals surface area contributed by atoms with E-state index in [1.54, 1.807) is 11.0 Å². The standard InChI is InChI=1S/C21H29ClN6O5S/c22-19-4-2-16(34-19)9-26-8-15-10-27(12-31-13-32-15)17-3-1-14(7-18(17)33-21(23,24)25)28-5-6-30-11-20(28)29/h1-4,7,15,26H,5-6,8-13,23-25H2. The van der Waals surface area contributed by atoms with E-state index in [-0.39, 0.29) is 32.1 Å². The molecule has 2 aromatic rings. The van der Waals surface area contributed by atoms with Gasteiger partial charge in [-0.3, -0.25) is 22.0 Å². The number of nitrogens with two attached hydrogens (primary N) is 3. The van der Waals surface area contributed by atoms with Crippen molar-refractivity contribution in [3.05, 3.63) is 39.5 Å². The number of anilines is 2. The number of halogens is 1. The molecular weight excluding hydrogens is 484 g/mol. The smallest absolute Gasteiger partial charge is 0.271 e. The fraction of sp³-hybridized carbons (Fsp3) is 0.476. The van der Waals surface area contributed by atoms with Crippen molar-refractivity contribution in [3.8, 4) is 5.75 Å². The Bertz CT molecular complexity index is 987. The highest BCUT2D eigenvalue weighted by atomic mass is 35.5. The lowest BCUT2D eigenvalue weighted by atomic mass is 10.2. The second-order valence-electron chi connectivity index (χ2n) is 8.00. The molecule has 3 heterocycles. The molecule has 1 atom stereocenters. The highest BCUT2D eigenvalue weighted by Crippen LogP contribution is 2.35. The third-order valence-electron chi connectivity index (χ3n) is 5.23. The van der Waals surface area contributed by atoms with E-state index in [4.69, 9.17) is 47.7 Å². The maximum Gasteiger partial charge on any atom is 0.271 e. The van der Waals surface area contributed by atoms with E-state index >= 15 is 0 Å². The van der Waals surface area contributed by atoms with E-state index in [0.717, 1.165) is 9.21 Å². The summed E-state index contributed by atoms with van der Waals surface area (Å²) in [7, 11) is 0. The highest BCUT2D eigenvalue weighted by molar-refractivity contribution is 7.16. The van der Waals surface area contributed by atoms with Crippen LogP contribution in [0.25, 0.3) is 0 Å². The van der Waals surface area contributed by atoms with Gasteiger partial charge < -0.3 is 34.1 Å². The van der Waals surface area contributed by atoms with Crippen LogP contribution in [0.2, 0.25) is 4.34 Å². The van der Waals surface area contributed by atoms with Crippen LogP contribution in [0.4, 0.5) is 11.4 Å². The Hall–Kier alpha value is -2.00. The van der Waals surface area contributed by atoms with Gasteiger partial charge in [0, 0.05) is 42.8 Å². The summed E-state index contributed by atoms with van der Waals surface area (Å²) in [6.45, 7) is 3.11. The predicted octanol–water partition coefficient (Wildman–Crippen LogP) is 0.558. The zero-order chi connectivity index (χ0) is 24.1. The van der Waals surface area contributed by atoms with E-state index < -0.39 is 5.97 Å². The van der Waals surface area contributed by atoms with Gasteiger partial charge in [0.15, 0.2) is 0 Å². The van der Waals surface area contributed by atoms with E-state index in [1.165, 1.54) is 11.3 Å². The average molecular weight is 513 g/mol. The van der Waals surface area contributed by atoms with Gasteiger partial charge in [-0.15, -0.1) is 11.3 Å². The highest BCUT2D eigenvalue weighted by Gasteiger charge is 2.27. The average Bonchev–Trinajstić information content (AvgIpc) is 3.05. The second kappa shape index (κ2) is 11.2. The van der Waals surface area contributed by atoms with Gasteiger partial charge in [0.05, 0.1) is 22.7 Å². The van der Waals surface area contributed by atoms with Crippen molar-refractivity contribution >= 4 is 40.2 Å². The van der Waals surface area contributed by atoms with Gasteiger partial charge in [-0.2, -0.15) is 0 Å². The van der Waals surface area contributed by atoms with Crippen LogP contribution in [0.5, 0.6) is 5.75 Å². The van der Waals surface area contributed by atoms with Crippen molar-refractivity contribution in [2.24, 2.45) is 17.2 Å². The second-order valence-corrected chi connectivity index (χ2v) is 9.80. The quantitative estimate of drug-likeness (QED) is 0.369. The van der Waals surface area contributed by atoms with Crippen LogP contribution in [0, 0.1) is 0 Å². The summed E-state index contributed by atoms with van der Waals surface area (Å²) in [5.74, 6) is -1.72. The Labute approximate surface area is 206 Å². The van der Waals surface area contributed by atoms with Gasteiger partial charge in [-0.25, -0.2) is 0 Å². The number of thiophene rings is 1. The van der Waals surface area contributed by atoms with Gasteiger partial charge in [0.2, 0.25) is 0 Å². The minimum atomic E-state index is -1.91. The van der Waals surface area contributed by atoms with Crippen molar-refractivity contribution in [1.82, 2.24) is 5.32 Å². The molecule has 1 amide bonds. The first kappa shape index (κ1) is 25.1. The van der Waals surface area contributed by atoms with Crippen molar-refractivity contribution in [3.63, 3.8) is 0 Å². The maximum absolute atomic E-state index is 12.3. The van der Waals surface area contributed by atoms with Gasteiger partial charge in [-0.1, -0.05) is 11.6 Å². The molecule has 1 unspecified atom stereocenters. The van der Waals surface area contributed by atoms with E-state index in [9.17, 15) is 4.79 Å². The molecule has 1 aromatic heterocycles. The third-order valence-corrected chi connectivity index (χ3v) is 6.46. The van der Waals surface area contributed by atoms with Crippen LogP contribution >= 0.6 is 22.9 Å². The summed E-state index contributed by atoms with van der Waals surface area (Å²) >= 11 is 7.54. The molecule has 2 aliphatic heterocycles. The monoisotopic (exact) mass is 512 g/mol. The number of amides is 1. The molecule has 13 heteroatoms. The topological polar surface area (TPSA) is 151 Å². The van der Waals surface area contributed by atoms with Crippen LogP contribution in [0.1, 0.15) is 4.88 Å². The van der Waals surface area contributed by atoms with Crippen LogP contribution < -0.4 is 37.1 Å². The Morgan fingerprint density at radius 3 is 2.82 bits per heavy atom. The number of nitrogens with zero attached hydrogens (tertiary/aromatic N) is 2. The lowest BCUT2D eigenvalue weighted by Crippen LogP contribution is -2.62. The molecule has 186 valence electrons. The Balaban J connectivity index is 1.49. The maximum atomic E-state index is 12.3.